The SMILES string of the molecule is Cc1ccc(NC(=O)c2ccccc2NC(=O)C(=O)N/N=C\c2ccc(OCc3ccccc3)cc2)cc1. The number of nitrogens with zero attached hydrogens (tertiary/aromatic N) is 1. The zero-order valence-corrected chi connectivity index (χ0v) is 20.7. The second-order valence-electron chi connectivity index (χ2n) is 8.36. The zero-order chi connectivity index (χ0) is 26.7. The largest absolute Gasteiger partial charge is 0.489 e. The lowest BCUT2D eigenvalue weighted by Gasteiger charge is -2.11. The Morgan fingerprint density at radius 1 is 0.763 bits per heavy atom. The van der Waals surface area contributed by atoms with Crippen molar-refractivity contribution in [3.63, 3.8) is 0 Å². The van der Waals surface area contributed by atoms with Gasteiger partial charge in [0.05, 0.1) is 17.5 Å². The van der Waals surface area contributed by atoms with E-state index in [9.17, 15) is 14.4 Å². The van der Waals surface area contributed by atoms with E-state index in [2.05, 4.69) is 21.2 Å². The van der Waals surface area contributed by atoms with Crippen molar-refractivity contribution in [2.24, 2.45) is 5.10 Å². The third kappa shape index (κ3) is 7.38. The van der Waals surface area contributed by atoms with E-state index in [1.807, 2.05) is 49.4 Å². The number of carbonyl (C=O) groups is 3. The van der Waals surface area contributed by atoms with E-state index >= 15 is 0 Å². The fourth-order valence-electron chi connectivity index (χ4n) is 3.41. The van der Waals surface area contributed by atoms with Crippen LogP contribution >= 0.6 is 0 Å². The van der Waals surface area contributed by atoms with Crippen LogP contribution in [0.1, 0.15) is 27.0 Å². The molecule has 8 nitrogen and oxygen atoms in total. The van der Waals surface area contributed by atoms with Gasteiger partial charge in [0, 0.05) is 5.69 Å². The van der Waals surface area contributed by atoms with Crippen LogP contribution in [0.3, 0.4) is 0 Å². The van der Waals surface area contributed by atoms with Gasteiger partial charge in [0.15, 0.2) is 0 Å². The Balaban J connectivity index is 1.29. The highest BCUT2D eigenvalue weighted by atomic mass is 16.5. The first-order valence-electron chi connectivity index (χ1n) is 11.9. The van der Waals surface area contributed by atoms with Crippen molar-refractivity contribution >= 4 is 35.3 Å². The van der Waals surface area contributed by atoms with Crippen molar-refractivity contribution in [1.82, 2.24) is 5.43 Å². The summed E-state index contributed by atoms with van der Waals surface area (Å²) in [6.45, 7) is 2.40. The second-order valence-corrected chi connectivity index (χ2v) is 8.36. The maximum absolute atomic E-state index is 12.7. The average molecular weight is 507 g/mol. The molecule has 0 atom stereocenters. The van der Waals surface area contributed by atoms with Gasteiger partial charge in [0.25, 0.3) is 5.91 Å². The number of ether oxygens (including phenoxy) is 1. The van der Waals surface area contributed by atoms with Crippen LogP contribution in [0.2, 0.25) is 0 Å². The molecule has 0 saturated heterocycles. The minimum atomic E-state index is -0.974. The fraction of sp³-hybridized carbons (Fsp3) is 0.0667. The molecule has 0 fully saturated rings. The summed E-state index contributed by atoms with van der Waals surface area (Å²) in [6, 6.07) is 30.7. The average Bonchev–Trinajstić information content (AvgIpc) is 2.94. The van der Waals surface area contributed by atoms with E-state index in [0.717, 1.165) is 11.1 Å². The molecule has 0 heterocycles. The van der Waals surface area contributed by atoms with Crippen LogP contribution in [0.5, 0.6) is 5.75 Å². The maximum atomic E-state index is 12.7. The van der Waals surface area contributed by atoms with Gasteiger partial charge in [0.2, 0.25) is 0 Å². The molecule has 0 radical (unpaired) electrons. The van der Waals surface area contributed by atoms with Gasteiger partial charge in [-0.25, -0.2) is 5.43 Å². The lowest BCUT2D eigenvalue weighted by Crippen LogP contribution is -2.33. The number of nitrogens with one attached hydrogen (secondary N) is 3. The van der Waals surface area contributed by atoms with Crippen LogP contribution in [0.15, 0.2) is 108 Å². The molecule has 4 rings (SSSR count). The number of amides is 3. The second kappa shape index (κ2) is 12.6. The first-order chi connectivity index (χ1) is 18.5. The molecule has 0 unspecified atom stereocenters. The van der Waals surface area contributed by atoms with Gasteiger partial charge < -0.3 is 15.4 Å². The summed E-state index contributed by atoms with van der Waals surface area (Å²) < 4.78 is 5.75. The normalized spacial score (nSPS) is 10.6. The van der Waals surface area contributed by atoms with Crippen molar-refractivity contribution in [3.8, 4) is 5.75 Å². The van der Waals surface area contributed by atoms with Gasteiger partial charge >= 0.3 is 11.8 Å². The number of carbonyl (C=O) groups excluding carboxylic acids is 3. The number of aryl methyl sites for hydroxylation is 1. The zero-order valence-electron chi connectivity index (χ0n) is 20.7. The quantitative estimate of drug-likeness (QED) is 0.179. The summed E-state index contributed by atoms with van der Waals surface area (Å²) in [4.78, 5) is 37.4. The predicted octanol–water partition coefficient (Wildman–Crippen LogP) is 4.92. The number of anilines is 2. The van der Waals surface area contributed by atoms with E-state index < -0.39 is 17.7 Å². The Labute approximate surface area is 220 Å². The van der Waals surface area contributed by atoms with Gasteiger partial charge in [-0.05, 0) is 66.6 Å². The summed E-state index contributed by atoms with van der Waals surface area (Å²) in [6.07, 6.45) is 1.41. The van der Waals surface area contributed by atoms with Crippen molar-refractivity contribution in [2.45, 2.75) is 13.5 Å². The highest BCUT2D eigenvalue weighted by Gasteiger charge is 2.17. The molecule has 3 N–H and O–H groups in total. The molecule has 4 aromatic carbocycles. The summed E-state index contributed by atoms with van der Waals surface area (Å²) in [5.41, 5.74) is 6.06. The standard InChI is InChI=1S/C30H26N4O4/c1-21-11-15-24(16-12-21)32-28(35)26-9-5-6-10-27(26)33-29(36)30(37)34-31-19-22-13-17-25(18-14-22)38-20-23-7-3-2-4-8-23/h2-19H,20H2,1H3,(H,32,35)(H,33,36)(H,34,37)/b31-19-. The van der Waals surface area contributed by atoms with Crippen molar-refractivity contribution in [1.29, 1.82) is 0 Å². The Morgan fingerprint density at radius 2 is 1.45 bits per heavy atom. The first kappa shape index (κ1) is 25.8. The Kier molecular flexibility index (Phi) is 8.60. The molecule has 3 amide bonds. The summed E-state index contributed by atoms with van der Waals surface area (Å²) >= 11 is 0. The minimum absolute atomic E-state index is 0.201. The number of hydrazone groups is 1. The van der Waals surface area contributed by atoms with Crippen LogP contribution < -0.4 is 20.8 Å². The van der Waals surface area contributed by atoms with Gasteiger partial charge in [-0.3, -0.25) is 14.4 Å². The molecule has 0 aliphatic heterocycles. The monoisotopic (exact) mass is 506 g/mol. The highest BCUT2D eigenvalue weighted by Crippen LogP contribution is 2.18. The smallest absolute Gasteiger partial charge is 0.329 e. The van der Waals surface area contributed by atoms with E-state index in [0.29, 0.717) is 23.6 Å². The molecule has 0 aliphatic carbocycles. The van der Waals surface area contributed by atoms with Crippen LogP contribution in [0.4, 0.5) is 11.4 Å². The third-order valence-electron chi connectivity index (χ3n) is 5.44. The van der Waals surface area contributed by atoms with Gasteiger partial charge in [-0.1, -0.05) is 60.2 Å². The molecular weight excluding hydrogens is 480 g/mol. The molecule has 190 valence electrons. The Hall–Kier alpha value is -5.24. The summed E-state index contributed by atoms with van der Waals surface area (Å²) in [5, 5.41) is 9.09. The van der Waals surface area contributed by atoms with E-state index in [1.54, 1.807) is 60.7 Å². The number of benzene rings is 4. The number of hydrogen-bond acceptors (Lipinski definition) is 5. The van der Waals surface area contributed by atoms with Crippen LogP contribution in [0, 0.1) is 6.92 Å². The molecule has 0 spiro atoms. The topological polar surface area (TPSA) is 109 Å². The van der Waals surface area contributed by atoms with E-state index in [1.165, 1.54) is 6.21 Å². The molecule has 8 heteroatoms. The third-order valence-corrected chi connectivity index (χ3v) is 5.44. The van der Waals surface area contributed by atoms with Crippen molar-refractivity contribution in [3.05, 3.63) is 125 Å². The Morgan fingerprint density at radius 3 is 2.18 bits per heavy atom. The molecule has 0 bridgehead atoms. The van der Waals surface area contributed by atoms with Crippen molar-refractivity contribution < 1.29 is 19.1 Å². The maximum Gasteiger partial charge on any atom is 0.329 e. The van der Waals surface area contributed by atoms with Gasteiger partial charge in [-0.2, -0.15) is 5.10 Å². The van der Waals surface area contributed by atoms with E-state index in [4.69, 9.17) is 4.74 Å². The van der Waals surface area contributed by atoms with Gasteiger partial charge in [-0.15, -0.1) is 0 Å². The molecule has 0 aromatic heterocycles. The van der Waals surface area contributed by atoms with Gasteiger partial charge in [0.1, 0.15) is 12.4 Å². The number of hydrogen-bond donors (Lipinski definition) is 3. The van der Waals surface area contributed by atoms with Crippen LogP contribution in [0.25, 0.3) is 0 Å². The number of rotatable bonds is 8. The molecule has 0 saturated carbocycles. The highest BCUT2D eigenvalue weighted by molar-refractivity contribution is 6.40. The molecule has 4 aromatic rings. The first-order valence-corrected chi connectivity index (χ1v) is 11.9. The summed E-state index contributed by atoms with van der Waals surface area (Å²) in [5.74, 6) is -1.65. The molecule has 0 aliphatic rings. The summed E-state index contributed by atoms with van der Waals surface area (Å²) in [7, 11) is 0. The van der Waals surface area contributed by atoms with Crippen LogP contribution in [-0.4, -0.2) is 23.9 Å². The Bertz CT molecular complexity index is 1430. The minimum Gasteiger partial charge on any atom is -0.489 e. The lowest BCUT2D eigenvalue weighted by atomic mass is 10.1. The lowest BCUT2D eigenvalue weighted by molar-refractivity contribution is -0.136. The van der Waals surface area contributed by atoms with E-state index in [-0.39, 0.29) is 11.3 Å². The van der Waals surface area contributed by atoms with Crippen molar-refractivity contribution in [2.75, 3.05) is 10.6 Å². The predicted molar refractivity (Wildman–Crippen MR) is 147 cm³/mol. The molecular formula is C30H26N4O4. The fourth-order valence-corrected chi connectivity index (χ4v) is 3.41. The molecule has 38 heavy (non-hydrogen) atoms. The van der Waals surface area contributed by atoms with Crippen LogP contribution in [-0.2, 0) is 16.2 Å². The number of para-hydroxylation sites is 1.